The average Bonchev–Trinajstić information content (AvgIpc) is 2.73. The molecule has 0 bridgehead atoms. The van der Waals surface area contributed by atoms with E-state index in [1.165, 1.54) is 0 Å². The second-order valence-corrected chi connectivity index (χ2v) is 3.70. The Bertz CT molecular complexity index is 336. The number of methoxy groups -OCH3 is 1. The van der Waals surface area contributed by atoms with Crippen molar-refractivity contribution in [3.05, 3.63) is 11.8 Å². The van der Waals surface area contributed by atoms with Crippen LogP contribution in [0.5, 0.6) is 0 Å². The fourth-order valence-electron chi connectivity index (χ4n) is 1.05. The molecule has 16 heavy (non-hydrogen) atoms. The maximum Gasteiger partial charge on any atom is 0.308 e. The summed E-state index contributed by atoms with van der Waals surface area (Å²) >= 11 is 0. The van der Waals surface area contributed by atoms with E-state index in [4.69, 9.17) is 9.15 Å². The molecule has 0 saturated heterocycles. The summed E-state index contributed by atoms with van der Waals surface area (Å²) in [5.74, 6) is 0.279. The van der Waals surface area contributed by atoms with Gasteiger partial charge >= 0.3 is 11.8 Å². The summed E-state index contributed by atoms with van der Waals surface area (Å²) in [5, 5.41) is 10.1. The summed E-state index contributed by atoms with van der Waals surface area (Å²) in [6.07, 6.45) is 0.757. The average molecular weight is 227 g/mol. The van der Waals surface area contributed by atoms with Crippen LogP contribution in [-0.4, -0.2) is 36.4 Å². The van der Waals surface area contributed by atoms with Gasteiger partial charge in [-0.15, -0.1) is 10.2 Å². The quantitative estimate of drug-likeness (QED) is 0.732. The van der Waals surface area contributed by atoms with E-state index in [1.807, 2.05) is 13.8 Å². The maximum atomic E-state index is 11.5. The molecule has 0 aromatic carbocycles. The number of aromatic nitrogens is 2. The van der Waals surface area contributed by atoms with Crippen LogP contribution in [0.4, 0.5) is 0 Å². The SMILES string of the molecule is COCCCNC(=O)c1nnc(C(C)C)o1. The van der Waals surface area contributed by atoms with Crippen LogP contribution in [0.1, 0.15) is 42.8 Å². The molecule has 1 rings (SSSR count). The molecule has 0 aliphatic carbocycles. The number of rotatable bonds is 6. The molecular weight excluding hydrogens is 210 g/mol. The number of carbonyl (C=O) groups is 1. The lowest BCUT2D eigenvalue weighted by Crippen LogP contribution is -2.25. The summed E-state index contributed by atoms with van der Waals surface area (Å²) in [7, 11) is 1.62. The first-order chi connectivity index (χ1) is 7.65. The number of hydrogen-bond donors (Lipinski definition) is 1. The van der Waals surface area contributed by atoms with Gasteiger partial charge in [0.25, 0.3) is 0 Å². The van der Waals surface area contributed by atoms with E-state index in [-0.39, 0.29) is 17.7 Å². The van der Waals surface area contributed by atoms with Gasteiger partial charge in [-0.05, 0) is 6.42 Å². The number of nitrogens with one attached hydrogen (secondary N) is 1. The van der Waals surface area contributed by atoms with Gasteiger partial charge in [-0.25, -0.2) is 0 Å². The number of nitrogens with zero attached hydrogens (tertiary/aromatic N) is 2. The second kappa shape index (κ2) is 6.22. The molecule has 0 unspecified atom stereocenters. The van der Waals surface area contributed by atoms with Crippen molar-refractivity contribution in [1.82, 2.24) is 15.5 Å². The highest BCUT2D eigenvalue weighted by molar-refractivity contribution is 5.89. The molecule has 1 aromatic rings. The predicted molar refractivity (Wildman–Crippen MR) is 57.2 cm³/mol. The lowest BCUT2D eigenvalue weighted by atomic mass is 10.2. The standard InChI is InChI=1S/C10H17N3O3/c1-7(2)9-12-13-10(16-9)8(14)11-5-4-6-15-3/h7H,4-6H2,1-3H3,(H,11,14). The van der Waals surface area contributed by atoms with E-state index >= 15 is 0 Å². The third-order valence-electron chi connectivity index (χ3n) is 1.94. The van der Waals surface area contributed by atoms with Crippen LogP contribution in [0.2, 0.25) is 0 Å². The number of carbonyl (C=O) groups excluding carboxylic acids is 1. The highest BCUT2D eigenvalue weighted by Crippen LogP contribution is 2.11. The molecular formula is C10H17N3O3. The minimum absolute atomic E-state index is 0.0149. The Kier molecular flexibility index (Phi) is 4.91. The Hall–Kier alpha value is -1.43. The fourth-order valence-corrected chi connectivity index (χ4v) is 1.05. The van der Waals surface area contributed by atoms with E-state index in [0.717, 1.165) is 6.42 Å². The Morgan fingerprint density at radius 2 is 2.25 bits per heavy atom. The van der Waals surface area contributed by atoms with Crippen molar-refractivity contribution < 1.29 is 13.9 Å². The van der Waals surface area contributed by atoms with Crippen LogP contribution in [0.25, 0.3) is 0 Å². The van der Waals surface area contributed by atoms with Crippen molar-refractivity contribution in [2.45, 2.75) is 26.2 Å². The van der Waals surface area contributed by atoms with E-state index in [1.54, 1.807) is 7.11 Å². The van der Waals surface area contributed by atoms with Crippen LogP contribution in [0.15, 0.2) is 4.42 Å². The highest BCUT2D eigenvalue weighted by Gasteiger charge is 2.15. The molecule has 1 heterocycles. The van der Waals surface area contributed by atoms with E-state index in [2.05, 4.69) is 15.5 Å². The van der Waals surface area contributed by atoms with Gasteiger partial charge in [0.1, 0.15) is 0 Å². The number of ether oxygens (including phenoxy) is 1. The van der Waals surface area contributed by atoms with Gasteiger partial charge in [0.2, 0.25) is 5.89 Å². The minimum Gasteiger partial charge on any atom is -0.417 e. The molecule has 0 fully saturated rings. The van der Waals surface area contributed by atoms with Crippen molar-refractivity contribution in [3.63, 3.8) is 0 Å². The van der Waals surface area contributed by atoms with E-state index < -0.39 is 0 Å². The third-order valence-corrected chi connectivity index (χ3v) is 1.94. The first-order valence-corrected chi connectivity index (χ1v) is 5.25. The summed E-state index contributed by atoms with van der Waals surface area (Å²) < 4.78 is 10.1. The Morgan fingerprint density at radius 3 is 2.81 bits per heavy atom. The molecule has 1 amide bonds. The second-order valence-electron chi connectivity index (χ2n) is 3.70. The van der Waals surface area contributed by atoms with Gasteiger partial charge in [0.05, 0.1) is 0 Å². The van der Waals surface area contributed by atoms with Crippen LogP contribution < -0.4 is 5.32 Å². The summed E-state index contributed by atoms with van der Waals surface area (Å²) in [6.45, 7) is 5.00. The molecule has 0 aliphatic rings. The molecule has 0 atom stereocenters. The van der Waals surface area contributed by atoms with Gasteiger partial charge in [-0.2, -0.15) is 0 Å². The lowest BCUT2D eigenvalue weighted by molar-refractivity contribution is 0.0912. The molecule has 0 radical (unpaired) electrons. The van der Waals surface area contributed by atoms with E-state index in [0.29, 0.717) is 19.0 Å². The monoisotopic (exact) mass is 227 g/mol. The molecule has 6 nitrogen and oxygen atoms in total. The molecule has 6 heteroatoms. The minimum atomic E-state index is -0.337. The molecule has 90 valence electrons. The molecule has 1 N–H and O–H groups in total. The Labute approximate surface area is 94.4 Å². The molecule has 0 aliphatic heterocycles. The zero-order chi connectivity index (χ0) is 12.0. The van der Waals surface area contributed by atoms with Crippen molar-refractivity contribution in [3.8, 4) is 0 Å². The highest BCUT2D eigenvalue weighted by atomic mass is 16.5. The smallest absolute Gasteiger partial charge is 0.308 e. The van der Waals surface area contributed by atoms with Crippen LogP contribution >= 0.6 is 0 Å². The first kappa shape index (κ1) is 12.6. The van der Waals surface area contributed by atoms with Gasteiger partial charge in [0, 0.05) is 26.2 Å². The fraction of sp³-hybridized carbons (Fsp3) is 0.700. The first-order valence-electron chi connectivity index (χ1n) is 5.25. The zero-order valence-corrected chi connectivity index (χ0v) is 9.82. The van der Waals surface area contributed by atoms with Crippen molar-refractivity contribution in [1.29, 1.82) is 0 Å². The lowest BCUT2D eigenvalue weighted by Gasteiger charge is -2.00. The van der Waals surface area contributed by atoms with Crippen molar-refractivity contribution in [2.75, 3.05) is 20.3 Å². The van der Waals surface area contributed by atoms with Gasteiger partial charge in [-0.3, -0.25) is 4.79 Å². The van der Waals surface area contributed by atoms with E-state index in [9.17, 15) is 4.79 Å². The number of amides is 1. The Balaban J connectivity index is 2.40. The summed E-state index contributed by atoms with van der Waals surface area (Å²) in [6, 6.07) is 0. The van der Waals surface area contributed by atoms with Gasteiger partial charge in [-0.1, -0.05) is 13.8 Å². The molecule has 1 aromatic heterocycles. The Morgan fingerprint density at radius 1 is 1.50 bits per heavy atom. The van der Waals surface area contributed by atoms with Crippen LogP contribution in [0.3, 0.4) is 0 Å². The maximum absolute atomic E-state index is 11.5. The number of hydrogen-bond acceptors (Lipinski definition) is 5. The molecule has 0 spiro atoms. The van der Waals surface area contributed by atoms with Gasteiger partial charge in [0.15, 0.2) is 0 Å². The third kappa shape index (κ3) is 3.62. The van der Waals surface area contributed by atoms with Crippen LogP contribution in [-0.2, 0) is 4.74 Å². The van der Waals surface area contributed by atoms with Crippen molar-refractivity contribution in [2.24, 2.45) is 0 Å². The van der Waals surface area contributed by atoms with Gasteiger partial charge < -0.3 is 14.5 Å². The van der Waals surface area contributed by atoms with Crippen LogP contribution in [0, 0.1) is 0 Å². The van der Waals surface area contributed by atoms with Crippen molar-refractivity contribution >= 4 is 5.91 Å². The largest absolute Gasteiger partial charge is 0.417 e. The summed E-state index contributed by atoms with van der Waals surface area (Å²) in [4.78, 5) is 11.5. The topological polar surface area (TPSA) is 77.2 Å². The summed E-state index contributed by atoms with van der Waals surface area (Å²) in [5.41, 5.74) is 0. The molecule has 0 saturated carbocycles. The normalized spacial score (nSPS) is 10.8. The predicted octanol–water partition coefficient (Wildman–Crippen LogP) is 0.959. The zero-order valence-electron chi connectivity index (χ0n) is 9.82.